The largest absolute Gasteiger partial charge is 0.464 e. The van der Waals surface area contributed by atoms with Crippen molar-refractivity contribution >= 4 is 16.9 Å². The van der Waals surface area contributed by atoms with Gasteiger partial charge in [-0.1, -0.05) is 18.2 Å². The summed E-state index contributed by atoms with van der Waals surface area (Å²) in [6.07, 6.45) is 2.14. The lowest BCUT2D eigenvalue weighted by Crippen LogP contribution is -2.47. The first-order valence-electron chi connectivity index (χ1n) is 6.65. The van der Waals surface area contributed by atoms with Gasteiger partial charge in [0.15, 0.2) is 0 Å². The van der Waals surface area contributed by atoms with Gasteiger partial charge < -0.3 is 14.2 Å². The Morgan fingerprint density at radius 2 is 1.95 bits per heavy atom. The first-order valence-corrected chi connectivity index (χ1v) is 6.65. The second-order valence-electron chi connectivity index (χ2n) is 5.12. The van der Waals surface area contributed by atoms with Crippen molar-refractivity contribution in [1.29, 1.82) is 0 Å². The van der Waals surface area contributed by atoms with Crippen molar-refractivity contribution in [3.8, 4) is 0 Å². The van der Waals surface area contributed by atoms with Crippen LogP contribution >= 0.6 is 0 Å². The highest BCUT2D eigenvalue weighted by molar-refractivity contribution is 5.87. The maximum Gasteiger partial charge on any atom is 0.227 e. The lowest BCUT2D eigenvalue weighted by Gasteiger charge is -2.32. The molecule has 1 saturated heterocycles. The van der Waals surface area contributed by atoms with Gasteiger partial charge in [0.1, 0.15) is 5.58 Å². The van der Waals surface area contributed by atoms with Gasteiger partial charge in [0, 0.05) is 37.1 Å². The van der Waals surface area contributed by atoms with Crippen molar-refractivity contribution in [1.82, 2.24) is 9.80 Å². The van der Waals surface area contributed by atoms with Crippen molar-refractivity contribution in [2.24, 2.45) is 0 Å². The van der Waals surface area contributed by atoms with Crippen LogP contribution < -0.4 is 0 Å². The maximum atomic E-state index is 12.3. The molecule has 4 nitrogen and oxygen atoms in total. The fourth-order valence-corrected chi connectivity index (χ4v) is 2.50. The number of hydrogen-bond donors (Lipinski definition) is 0. The number of hydrogen-bond acceptors (Lipinski definition) is 3. The summed E-state index contributed by atoms with van der Waals surface area (Å²) in [5.41, 5.74) is 1.84. The number of nitrogens with zero attached hydrogens (tertiary/aromatic N) is 2. The molecule has 3 rings (SSSR count). The Balaban J connectivity index is 1.72. The molecule has 0 aliphatic carbocycles. The molecule has 0 N–H and O–H groups in total. The average molecular weight is 258 g/mol. The monoisotopic (exact) mass is 258 g/mol. The molecule has 0 radical (unpaired) electrons. The molecule has 2 aromatic rings. The Labute approximate surface area is 112 Å². The predicted molar refractivity (Wildman–Crippen MR) is 74.0 cm³/mol. The van der Waals surface area contributed by atoms with E-state index in [1.54, 1.807) is 6.26 Å². The van der Waals surface area contributed by atoms with Crippen molar-refractivity contribution in [2.45, 2.75) is 6.42 Å². The van der Waals surface area contributed by atoms with E-state index < -0.39 is 0 Å². The van der Waals surface area contributed by atoms with Crippen LogP contribution in [0.15, 0.2) is 34.9 Å². The zero-order chi connectivity index (χ0) is 13.2. The maximum absolute atomic E-state index is 12.3. The molecule has 1 aliphatic rings. The van der Waals surface area contributed by atoms with E-state index >= 15 is 0 Å². The number of benzene rings is 1. The van der Waals surface area contributed by atoms with E-state index in [1.165, 1.54) is 0 Å². The Morgan fingerprint density at radius 1 is 1.21 bits per heavy atom. The highest BCUT2D eigenvalue weighted by atomic mass is 16.3. The average Bonchev–Trinajstić information content (AvgIpc) is 2.83. The van der Waals surface area contributed by atoms with E-state index in [2.05, 4.69) is 11.9 Å². The summed E-state index contributed by atoms with van der Waals surface area (Å²) in [5.74, 6) is 0.194. The van der Waals surface area contributed by atoms with E-state index in [0.717, 1.165) is 42.7 Å². The number of furan rings is 1. The van der Waals surface area contributed by atoms with Gasteiger partial charge in [0.05, 0.1) is 12.7 Å². The number of carbonyl (C=O) groups is 1. The highest BCUT2D eigenvalue weighted by Crippen LogP contribution is 2.21. The van der Waals surface area contributed by atoms with Crippen LogP contribution in [0.3, 0.4) is 0 Å². The number of fused-ring (bicyclic) bond motifs is 1. The smallest absolute Gasteiger partial charge is 0.227 e. The summed E-state index contributed by atoms with van der Waals surface area (Å²) in [7, 11) is 2.09. The number of piperazine rings is 1. The molecule has 1 aliphatic heterocycles. The van der Waals surface area contributed by atoms with Gasteiger partial charge in [0.2, 0.25) is 5.91 Å². The third-order valence-electron chi connectivity index (χ3n) is 3.76. The van der Waals surface area contributed by atoms with Crippen LogP contribution in [0.2, 0.25) is 0 Å². The Hall–Kier alpha value is -1.81. The van der Waals surface area contributed by atoms with Crippen LogP contribution in [-0.4, -0.2) is 48.9 Å². The SMILES string of the molecule is CN1CCN(C(=O)Cc2coc3ccccc23)CC1. The van der Waals surface area contributed by atoms with Gasteiger partial charge in [-0.2, -0.15) is 0 Å². The molecule has 19 heavy (non-hydrogen) atoms. The number of likely N-dealkylation sites (N-methyl/N-ethyl adjacent to an activating group) is 1. The molecule has 0 bridgehead atoms. The minimum absolute atomic E-state index is 0.194. The number of carbonyl (C=O) groups excluding carboxylic acids is 1. The van der Waals surface area contributed by atoms with Crippen LogP contribution in [0.5, 0.6) is 0 Å². The van der Waals surface area contributed by atoms with Gasteiger partial charge in [-0.3, -0.25) is 4.79 Å². The zero-order valence-electron chi connectivity index (χ0n) is 11.1. The van der Waals surface area contributed by atoms with E-state index in [-0.39, 0.29) is 5.91 Å². The van der Waals surface area contributed by atoms with Crippen molar-refractivity contribution in [3.63, 3.8) is 0 Å². The number of para-hydroxylation sites is 1. The van der Waals surface area contributed by atoms with E-state index in [1.807, 2.05) is 29.2 Å². The summed E-state index contributed by atoms with van der Waals surface area (Å²) in [5, 5.41) is 1.05. The first-order chi connectivity index (χ1) is 9.24. The molecule has 1 fully saturated rings. The second-order valence-corrected chi connectivity index (χ2v) is 5.12. The van der Waals surface area contributed by atoms with Crippen LogP contribution in [0.25, 0.3) is 11.0 Å². The topological polar surface area (TPSA) is 36.7 Å². The Kier molecular flexibility index (Phi) is 3.25. The fraction of sp³-hybridized carbons (Fsp3) is 0.400. The summed E-state index contributed by atoms with van der Waals surface area (Å²) in [4.78, 5) is 16.5. The molecule has 0 unspecified atom stereocenters. The molecule has 1 aromatic heterocycles. The van der Waals surface area contributed by atoms with Gasteiger partial charge >= 0.3 is 0 Å². The lowest BCUT2D eigenvalue weighted by molar-refractivity contribution is -0.132. The molecule has 2 heterocycles. The fourth-order valence-electron chi connectivity index (χ4n) is 2.50. The van der Waals surface area contributed by atoms with Crippen molar-refractivity contribution in [2.75, 3.05) is 33.2 Å². The molecule has 4 heteroatoms. The second kappa shape index (κ2) is 5.05. The van der Waals surface area contributed by atoms with Gasteiger partial charge in [-0.25, -0.2) is 0 Å². The molecule has 0 spiro atoms. The van der Waals surface area contributed by atoms with Crippen LogP contribution in [0, 0.1) is 0 Å². The molecule has 0 saturated carbocycles. The minimum Gasteiger partial charge on any atom is -0.464 e. The Morgan fingerprint density at radius 3 is 2.74 bits per heavy atom. The third-order valence-corrected chi connectivity index (χ3v) is 3.76. The highest BCUT2D eigenvalue weighted by Gasteiger charge is 2.20. The molecule has 1 aromatic carbocycles. The van der Waals surface area contributed by atoms with Crippen molar-refractivity contribution in [3.05, 3.63) is 36.1 Å². The van der Waals surface area contributed by atoms with Crippen LogP contribution in [0.4, 0.5) is 0 Å². The molecular formula is C15H18N2O2. The first kappa shape index (κ1) is 12.2. The predicted octanol–water partition coefficient (Wildman–Crippen LogP) is 1.75. The van der Waals surface area contributed by atoms with Gasteiger partial charge in [-0.05, 0) is 13.1 Å². The standard InChI is InChI=1S/C15H18N2O2/c1-16-6-8-17(9-7-16)15(18)10-12-11-19-14-5-3-2-4-13(12)14/h2-5,11H,6-10H2,1H3. The van der Waals surface area contributed by atoms with E-state index in [9.17, 15) is 4.79 Å². The van der Waals surface area contributed by atoms with Crippen molar-refractivity contribution < 1.29 is 9.21 Å². The van der Waals surface area contributed by atoms with Gasteiger partial charge in [0.25, 0.3) is 0 Å². The summed E-state index contributed by atoms with van der Waals surface area (Å²) < 4.78 is 5.48. The summed E-state index contributed by atoms with van der Waals surface area (Å²) in [6.45, 7) is 3.56. The third kappa shape index (κ3) is 2.49. The Bertz CT molecular complexity index is 583. The number of amides is 1. The minimum atomic E-state index is 0.194. The number of rotatable bonds is 2. The quantitative estimate of drug-likeness (QED) is 0.823. The van der Waals surface area contributed by atoms with Crippen LogP contribution in [-0.2, 0) is 11.2 Å². The van der Waals surface area contributed by atoms with Crippen LogP contribution in [0.1, 0.15) is 5.56 Å². The molecular weight excluding hydrogens is 240 g/mol. The molecule has 0 atom stereocenters. The van der Waals surface area contributed by atoms with Gasteiger partial charge in [-0.15, -0.1) is 0 Å². The molecule has 1 amide bonds. The molecule has 100 valence electrons. The van der Waals surface area contributed by atoms with E-state index in [0.29, 0.717) is 6.42 Å². The zero-order valence-corrected chi connectivity index (χ0v) is 11.1. The normalized spacial score (nSPS) is 17.0. The summed E-state index contributed by atoms with van der Waals surface area (Å²) >= 11 is 0. The van der Waals surface area contributed by atoms with E-state index in [4.69, 9.17) is 4.42 Å². The summed E-state index contributed by atoms with van der Waals surface area (Å²) in [6, 6.07) is 7.85. The lowest BCUT2D eigenvalue weighted by atomic mass is 10.1.